The van der Waals surface area contributed by atoms with Crippen LogP contribution in [0.1, 0.15) is 21.5 Å². The van der Waals surface area contributed by atoms with Crippen molar-refractivity contribution in [3.63, 3.8) is 0 Å². The molecule has 2 aromatic carbocycles. The first kappa shape index (κ1) is 34.2. The molecule has 2 N–H and O–H groups in total. The van der Waals surface area contributed by atoms with Crippen molar-refractivity contribution in [1.82, 2.24) is 29.7 Å². The normalized spacial score (nSPS) is 16.3. The lowest BCUT2D eigenvalue weighted by molar-refractivity contribution is -0.139. The van der Waals surface area contributed by atoms with Crippen LogP contribution in [0, 0.1) is 12.7 Å². The van der Waals surface area contributed by atoms with Crippen LogP contribution in [0.3, 0.4) is 0 Å². The van der Waals surface area contributed by atoms with Gasteiger partial charge < -0.3 is 30.1 Å². The highest BCUT2D eigenvalue weighted by atomic mass is 19.4. The van der Waals surface area contributed by atoms with Gasteiger partial charge in [-0.25, -0.2) is 24.3 Å². The molecule has 0 bridgehead atoms. The minimum Gasteiger partial charge on any atom is -0.383 e. The number of methoxy groups -OCH3 is 1. The number of ether oxygens (including phenoxy) is 1. The van der Waals surface area contributed by atoms with Gasteiger partial charge in [0.05, 0.1) is 24.1 Å². The number of anilines is 5. The first-order valence-electron chi connectivity index (χ1n) is 16.0. The lowest BCUT2D eigenvalue weighted by Gasteiger charge is -2.34. The summed E-state index contributed by atoms with van der Waals surface area (Å²) in [5.74, 6) is -1.06. The topological polar surface area (TPSA) is 115 Å². The van der Waals surface area contributed by atoms with E-state index in [2.05, 4.69) is 35.4 Å². The number of likely N-dealkylation sites (N-methyl/N-ethyl adjacent to an activating group) is 1. The van der Waals surface area contributed by atoms with E-state index in [4.69, 9.17) is 9.72 Å². The lowest BCUT2D eigenvalue weighted by atomic mass is 10.1. The van der Waals surface area contributed by atoms with Crippen LogP contribution in [0.5, 0.6) is 0 Å². The van der Waals surface area contributed by atoms with E-state index in [-0.39, 0.29) is 16.9 Å². The summed E-state index contributed by atoms with van der Waals surface area (Å²) >= 11 is 0. The summed E-state index contributed by atoms with van der Waals surface area (Å²) in [5.41, 5.74) is 0.715. The lowest BCUT2D eigenvalue weighted by Crippen LogP contribution is -2.47. The Labute approximate surface area is 281 Å². The van der Waals surface area contributed by atoms with Gasteiger partial charge in [-0.1, -0.05) is 6.07 Å². The fourth-order valence-electron chi connectivity index (χ4n) is 5.87. The molecule has 0 atom stereocenters. The van der Waals surface area contributed by atoms with Crippen LogP contribution in [0.15, 0.2) is 42.9 Å². The van der Waals surface area contributed by atoms with Crippen molar-refractivity contribution in [2.75, 3.05) is 100 Å². The number of nitrogens with zero attached hydrogens (tertiary/aromatic N) is 8. The Morgan fingerprint density at radius 1 is 0.959 bits per heavy atom. The Hall–Kier alpha value is -4.67. The van der Waals surface area contributed by atoms with Crippen LogP contribution in [0.25, 0.3) is 11.0 Å². The summed E-state index contributed by atoms with van der Waals surface area (Å²) in [6, 6.07) is 6.74. The number of piperazine rings is 2. The smallest absolute Gasteiger partial charge is 0.383 e. The third-order valence-corrected chi connectivity index (χ3v) is 8.84. The van der Waals surface area contributed by atoms with E-state index in [0.29, 0.717) is 67.3 Å². The Kier molecular flexibility index (Phi) is 10.1. The zero-order valence-electron chi connectivity index (χ0n) is 27.5. The number of fused-ring (bicyclic) bond motifs is 1. The molecule has 4 heterocycles. The van der Waals surface area contributed by atoms with E-state index < -0.39 is 23.5 Å². The highest BCUT2D eigenvalue weighted by Gasteiger charge is 2.37. The van der Waals surface area contributed by atoms with Gasteiger partial charge >= 0.3 is 6.18 Å². The minimum atomic E-state index is -4.95. The number of aryl methyl sites for hydroxylation is 1. The number of carbonyl (C=O) groups excluding carboxylic acids is 1. The second-order valence-electron chi connectivity index (χ2n) is 12.2. The molecule has 2 fully saturated rings. The van der Waals surface area contributed by atoms with Crippen molar-refractivity contribution in [2.45, 2.75) is 13.1 Å². The Morgan fingerprint density at radius 3 is 2.41 bits per heavy atom. The number of hydrogen-bond donors (Lipinski definition) is 2. The maximum Gasteiger partial charge on any atom is 0.419 e. The molecule has 0 unspecified atom stereocenters. The summed E-state index contributed by atoms with van der Waals surface area (Å²) in [4.78, 5) is 39.5. The predicted molar refractivity (Wildman–Crippen MR) is 179 cm³/mol. The number of aromatic nitrogens is 4. The van der Waals surface area contributed by atoms with Crippen molar-refractivity contribution in [3.8, 4) is 0 Å². The molecule has 6 rings (SSSR count). The molecule has 2 aliphatic rings. The molecule has 2 saturated heterocycles. The standard InChI is InChI=1S/C33H38F4N10O2/c1-21-4-5-22(31(48)41-23-17-24(33(35,36)37)28(34)27(18-23)46-10-6-44(2)7-11-46)16-25(21)42-30-29-26(39-20-40-30)19-38-32(43-29)47-12-8-45(9-13-47)14-15-49-3/h4-5,16-20H,6-15H2,1-3H3,(H,41,48)(H,39,40,42). The Morgan fingerprint density at radius 2 is 1.69 bits per heavy atom. The number of carbonyl (C=O) groups is 1. The zero-order chi connectivity index (χ0) is 34.7. The molecular weight excluding hydrogens is 644 g/mol. The van der Waals surface area contributed by atoms with Gasteiger partial charge in [-0.15, -0.1) is 0 Å². The molecule has 49 heavy (non-hydrogen) atoms. The van der Waals surface area contributed by atoms with Crippen LogP contribution < -0.4 is 20.4 Å². The van der Waals surface area contributed by atoms with E-state index in [9.17, 15) is 18.0 Å². The molecule has 2 aromatic heterocycles. The first-order valence-corrected chi connectivity index (χ1v) is 16.0. The van der Waals surface area contributed by atoms with E-state index in [1.807, 2.05) is 18.9 Å². The van der Waals surface area contributed by atoms with Crippen molar-refractivity contribution >= 4 is 45.8 Å². The average molecular weight is 683 g/mol. The quantitative estimate of drug-likeness (QED) is 0.245. The molecule has 12 nitrogen and oxygen atoms in total. The third kappa shape index (κ3) is 7.81. The van der Waals surface area contributed by atoms with Crippen molar-refractivity contribution in [3.05, 3.63) is 65.4 Å². The molecule has 260 valence electrons. The Bertz CT molecular complexity index is 1810. The van der Waals surface area contributed by atoms with Gasteiger partial charge in [0, 0.05) is 83.0 Å². The Balaban J connectivity index is 1.23. The highest BCUT2D eigenvalue weighted by Crippen LogP contribution is 2.38. The van der Waals surface area contributed by atoms with E-state index in [1.165, 1.54) is 12.4 Å². The monoisotopic (exact) mass is 682 g/mol. The maximum absolute atomic E-state index is 15.2. The van der Waals surface area contributed by atoms with Gasteiger partial charge in [0.15, 0.2) is 11.6 Å². The summed E-state index contributed by atoms with van der Waals surface area (Å²) < 4.78 is 62.0. The van der Waals surface area contributed by atoms with Crippen LogP contribution >= 0.6 is 0 Å². The van der Waals surface area contributed by atoms with Crippen LogP contribution in [0.4, 0.5) is 46.4 Å². The summed E-state index contributed by atoms with van der Waals surface area (Å²) in [7, 11) is 3.58. The molecular formula is C33H38F4N10O2. The molecule has 0 aliphatic carbocycles. The average Bonchev–Trinajstić information content (AvgIpc) is 3.09. The fourth-order valence-corrected chi connectivity index (χ4v) is 5.87. The molecule has 0 radical (unpaired) electrons. The van der Waals surface area contributed by atoms with Gasteiger partial charge in [-0.3, -0.25) is 9.69 Å². The molecule has 2 aliphatic heterocycles. The number of rotatable bonds is 9. The number of amides is 1. The molecule has 16 heteroatoms. The van der Waals surface area contributed by atoms with E-state index in [1.54, 1.807) is 36.4 Å². The predicted octanol–water partition coefficient (Wildman–Crippen LogP) is 4.40. The van der Waals surface area contributed by atoms with Gasteiger partial charge in [-0.05, 0) is 43.8 Å². The number of halogens is 4. The minimum absolute atomic E-state index is 0.159. The van der Waals surface area contributed by atoms with Gasteiger partial charge in [0.25, 0.3) is 5.91 Å². The van der Waals surface area contributed by atoms with Crippen molar-refractivity contribution < 1.29 is 27.1 Å². The summed E-state index contributed by atoms with van der Waals surface area (Å²) in [5, 5.41) is 5.81. The van der Waals surface area contributed by atoms with Crippen molar-refractivity contribution in [2.24, 2.45) is 0 Å². The molecule has 1 amide bonds. The number of nitrogens with one attached hydrogen (secondary N) is 2. The van der Waals surface area contributed by atoms with Crippen LogP contribution in [0.2, 0.25) is 0 Å². The van der Waals surface area contributed by atoms with Gasteiger partial charge in [-0.2, -0.15) is 13.2 Å². The summed E-state index contributed by atoms with van der Waals surface area (Å²) in [6.45, 7) is 8.40. The third-order valence-electron chi connectivity index (χ3n) is 8.84. The summed E-state index contributed by atoms with van der Waals surface area (Å²) in [6.07, 6.45) is -1.92. The fraction of sp³-hybridized carbons (Fsp3) is 0.424. The number of hydrogen-bond acceptors (Lipinski definition) is 11. The van der Waals surface area contributed by atoms with Gasteiger partial charge in [0.2, 0.25) is 5.95 Å². The SMILES string of the molecule is COCCN1CCN(c2ncc3ncnc(Nc4cc(C(=O)Nc5cc(N6CCN(C)CC6)c(F)c(C(F)(F)F)c5)ccc4C)c3n2)CC1. The van der Waals surface area contributed by atoms with E-state index in [0.717, 1.165) is 38.3 Å². The largest absolute Gasteiger partial charge is 0.419 e. The van der Waals surface area contributed by atoms with Crippen LogP contribution in [-0.2, 0) is 10.9 Å². The molecule has 4 aromatic rings. The first-order chi connectivity index (χ1) is 23.5. The maximum atomic E-state index is 15.2. The van der Waals surface area contributed by atoms with Crippen molar-refractivity contribution in [1.29, 1.82) is 0 Å². The molecule has 0 saturated carbocycles. The van der Waals surface area contributed by atoms with E-state index >= 15 is 4.39 Å². The number of benzene rings is 2. The molecule has 0 spiro atoms. The highest BCUT2D eigenvalue weighted by molar-refractivity contribution is 6.05. The number of alkyl halides is 3. The van der Waals surface area contributed by atoms with Crippen LogP contribution in [-0.4, -0.2) is 115 Å². The zero-order valence-corrected chi connectivity index (χ0v) is 27.5. The van der Waals surface area contributed by atoms with Gasteiger partial charge in [0.1, 0.15) is 17.4 Å². The second kappa shape index (κ2) is 14.4. The second-order valence-corrected chi connectivity index (χ2v) is 12.2.